The van der Waals surface area contributed by atoms with Crippen molar-refractivity contribution in [2.24, 2.45) is 5.16 Å². The summed E-state index contributed by atoms with van der Waals surface area (Å²) in [6.07, 6.45) is 4.32. The average molecular weight is 438 g/mol. The molecule has 4 N–H and O–H groups in total. The molecule has 0 spiro atoms. The number of thioether (sulfide) groups is 1. The van der Waals surface area contributed by atoms with E-state index in [1.807, 2.05) is 13.0 Å². The largest absolute Gasteiger partial charge is 0.477 e. The lowest BCUT2D eigenvalue weighted by Crippen LogP contribution is -2.71. The maximum Gasteiger partial charge on any atom is 0.352 e. The number of amides is 2. The first-order chi connectivity index (χ1) is 13.9. The number of anilines is 1. The summed E-state index contributed by atoms with van der Waals surface area (Å²) >= 11 is 2.52. The molecule has 12 heteroatoms. The number of hydrogen-bond donors (Lipinski definition) is 3. The van der Waals surface area contributed by atoms with E-state index in [4.69, 9.17) is 10.6 Å². The number of fused-ring (bicyclic) bond motifs is 1. The molecular weight excluding hydrogens is 418 g/mol. The van der Waals surface area contributed by atoms with Gasteiger partial charge in [-0.2, -0.15) is 0 Å². The van der Waals surface area contributed by atoms with Crippen LogP contribution in [-0.4, -0.2) is 62.8 Å². The van der Waals surface area contributed by atoms with E-state index in [9.17, 15) is 19.5 Å². The number of nitrogens with zero attached hydrogens (tertiary/aromatic N) is 3. The Hall–Kier alpha value is -2.86. The van der Waals surface area contributed by atoms with E-state index in [0.29, 0.717) is 11.3 Å². The Bertz CT molecular complexity index is 938. The molecule has 2 aliphatic rings. The number of aliphatic carboxylic acids is 1. The van der Waals surface area contributed by atoms with Crippen molar-refractivity contribution in [1.29, 1.82) is 0 Å². The molecule has 0 saturated carbocycles. The summed E-state index contributed by atoms with van der Waals surface area (Å²) in [7, 11) is 1.28. The fourth-order valence-corrected chi connectivity index (χ4v) is 4.80. The Balaban J connectivity index is 1.80. The second-order valence-corrected chi connectivity index (χ2v) is 8.04. The molecule has 1 saturated heterocycles. The number of nitrogens with one attached hydrogen (secondary N) is 1. The first-order valence-electron chi connectivity index (χ1n) is 8.60. The monoisotopic (exact) mass is 437 g/mol. The van der Waals surface area contributed by atoms with Gasteiger partial charge >= 0.3 is 5.97 Å². The average Bonchev–Trinajstić information content (AvgIpc) is 3.13. The van der Waals surface area contributed by atoms with Crippen LogP contribution in [0, 0.1) is 0 Å². The Morgan fingerprint density at radius 3 is 2.90 bits per heavy atom. The van der Waals surface area contributed by atoms with Gasteiger partial charge in [0.05, 0.1) is 0 Å². The van der Waals surface area contributed by atoms with Crippen LogP contribution in [-0.2, 0) is 19.2 Å². The second kappa shape index (κ2) is 8.66. The van der Waals surface area contributed by atoms with Gasteiger partial charge in [0, 0.05) is 11.1 Å². The van der Waals surface area contributed by atoms with Crippen LogP contribution in [0.3, 0.4) is 0 Å². The standard InChI is InChI=1S/C17H19N5O5S2/c1-3-4-5-8-6-28-15-11(14(24)22(15)12(8)16(25)26)20-13(23)10(21-27-2)9-7-29-17(18)19-9/h4-5,7,11,15H,3,6H2,1-2H3,(H2,18,19)(H,20,23)(H,25,26)/b5-4+,21-10-/t11-,15-/m1/s1. The fraction of sp³-hybridized carbons (Fsp3) is 0.353. The van der Waals surface area contributed by atoms with E-state index in [-0.39, 0.29) is 22.2 Å². The number of nitrogens with two attached hydrogens (primary N) is 1. The molecule has 3 rings (SSSR count). The van der Waals surface area contributed by atoms with Gasteiger partial charge in [-0.05, 0) is 12.0 Å². The Labute approximate surface area is 174 Å². The van der Waals surface area contributed by atoms with E-state index in [0.717, 1.165) is 17.8 Å². The summed E-state index contributed by atoms with van der Waals surface area (Å²) in [6, 6.07) is -0.878. The number of nitrogen functional groups attached to an aromatic ring is 1. The summed E-state index contributed by atoms with van der Waals surface area (Å²) in [5, 5.41) is 17.2. The predicted molar refractivity (Wildman–Crippen MR) is 109 cm³/mol. The van der Waals surface area contributed by atoms with Crippen LogP contribution in [0.2, 0.25) is 0 Å². The highest BCUT2D eigenvalue weighted by molar-refractivity contribution is 8.00. The lowest BCUT2D eigenvalue weighted by molar-refractivity contribution is -0.150. The SMILES string of the molecule is CC/C=C/C1=C(C(=O)O)N2C(=O)[C@@H](NC(=O)/C(=N\OC)c3csc(N)n3)[C@H]2SC1. The molecule has 0 aromatic carbocycles. The highest BCUT2D eigenvalue weighted by Gasteiger charge is 2.54. The van der Waals surface area contributed by atoms with Gasteiger partial charge in [-0.25, -0.2) is 9.78 Å². The zero-order valence-electron chi connectivity index (χ0n) is 15.6. The van der Waals surface area contributed by atoms with Crippen molar-refractivity contribution >= 4 is 51.7 Å². The summed E-state index contributed by atoms with van der Waals surface area (Å²) in [6.45, 7) is 1.94. The molecule has 10 nitrogen and oxygen atoms in total. The van der Waals surface area contributed by atoms with Crippen molar-refractivity contribution in [3.8, 4) is 0 Å². The van der Waals surface area contributed by atoms with E-state index in [1.54, 1.807) is 11.5 Å². The highest BCUT2D eigenvalue weighted by Crippen LogP contribution is 2.40. The number of oxime groups is 1. The zero-order valence-corrected chi connectivity index (χ0v) is 17.2. The van der Waals surface area contributed by atoms with Crippen LogP contribution < -0.4 is 11.1 Å². The Morgan fingerprint density at radius 1 is 1.55 bits per heavy atom. The van der Waals surface area contributed by atoms with Crippen LogP contribution >= 0.6 is 23.1 Å². The van der Waals surface area contributed by atoms with E-state index < -0.39 is 29.2 Å². The number of rotatable bonds is 7. The highest BCUT2D eigenvalue weighted by atomic mass is 32.2. The number of aromatic nitrogens is 1. The number of allylic oxidation sites excluding steroid dienone is 2. The maximum absolute atomic E-state index is 12.7. The zero-order chi connectivity index (χ0) is 21.1. The van der Waals surface area contributed by atoms with E-state index in [2.05, 4.69) is 15.5 Å². The minimum absolute atomic E-state index is 0.0491. The Kier molecular flexibility index (Phi) is 6.23. The van der Waals surface area contributed by atoms with Crippen LogP contribution in [0.25, 0.3) is 0 Å². The van der Waals surface area contributed by atoms with Crippen molar-refractivity contribution in [1.82, 2.24) is 15.2 Å². The third-order valence-electron chi connectivity index (χ3n) is 4.20. The third kappa shape index (κ3) is 3.98. The van der Waals surface area contributed by atoms with Gasteiger partial charge in [0.25, 0.3) is 11.8 Å². The summed E-state index contributed by atoms with van der Waals surface area (Å²) in [4.78, 5) is 47.0. The normalized spacial score (nSPS) is 21.8. The van der Waals surface area contributed by atoms with Crippen LogP contribution in [0.15, 0.2) is 34.0 Å². The molecule has 1 fully saturated rings. The molecule has 2 atom stereocenters. The first-order valence-corrected chi connectivity index (χ1v) is 10.5. The molecule has 29 heavy (non-hydrogen) atoms. The number of carbonyl (C=O) groups excluding carboxylic acids is 2. The van der Waals surface area contributed by atoms with Crippen molar-refractivity contribution in [2.45, 2.75) is 24.8 Å². The van der Waals surface area contributed by atoms with Crippen LogP contribution in [0.1, 0.15) is 19.0 Å². The van der Waals surface area contributed by atoms with Gasteiger partial charge in [-0.1, -0.05) is 24.2 Å². The topological polar surface area (TPSA) is 147 Å². The number of hydrogen-bond acceptors (Lipinski definition) is 9. The lowest BCUT2D eigenvalue weighted by Gasteiger charge is -2.49. The molecule has 2 aliphatic heterocycles. The smallest absolute Gasteiger partial charge is 0.352 e. The summed E-state index contributed by atoms with van der Waals surface area (Å²) < 4.78 is 0. The number of β-lactam (4-membered cyclic amide) rings is 1. The molecule has 0 radical (unpaired) electrons. The minimum Gasteiger partial charge on any atom is -0.477 e. The fourth-order valence-electron chi connectivity index (χ4n) is 2.93. The van der Waals surface area contributed by atoms with Crippen molar-refractivity contribution in [2.75, 3.05) is 18.6 Å². The number of carboxylic acid groups (broad SMARTS) is 1. The number of carbonyl (C=O) groups is 3. The Morgan fingerprint density at radius 2 is 2.31 bits per heavy atom. The summed E-state index contributed by atoms with van der Waals surface area (Å²) in [5.41, 5.74) is 6.23. The van der Waals surface area contributed by atoms with E-state index in [1.165, 1.54) is 23.8 Å². The maximum atomic E-state index is 12.7. The van der Waals surface area contributed by atoms with Gasteiger partial charge in [-0.15, -0.1) is 23.1 Å². The first kappa shape index (κ1) is 20.9. The van der Waals surface area contributed by atoms with Gasteiger partial charge in [-0.3, -0.25) is 14.5 Å². The number of thiazole rings is 1. The van der Waals surface area contributed by atoms with Gasteiger partial charge in [0.2, 0.25) is 0 Å². The van der Waals surface area contributed by atoms with Gasteiger partial charge in [0.1, 0.15) is 29.9 Å². The molecular formula is C17H19N5O5S2. The van der Waals surface area contributed by atoms with Crippen LogP contribution in [0.5, 0.6) is 0 Å². The van der Waals surface area contributed by atoms with Gasteiger partial charge < -0.3 is 21.0 Å². The molecule has 154 valence electrons. The van der Waals surface area contributed by atoms with Crippen molar-refractivity contribution < 1.29 is 24.3 Å². The van der Waals surface area contributed by atoms with Crippen molar-refractivity contribution in [3.63, 3.8) is 0 Å². The predicted octanol–water partition coefficient (Wildman–Crippen LogP) is 0.781. The van der Waals surface area contributed by atoms with Crippen molar-refractivity contribution in [3.05, 3.63) is 34.5 Å². The molecule has 1 aromatic rings. The molecule has 0 unspecified atom stereocenters. The lowest BCUT2D eigenvalue weighted by atomic mass is 10.0. The van der Waals surface area contributed by atoms with Crippen LogP contribution in [0.4, 0.5) is 5.13 Å². The molecule has 3 heterocycles. The third-order valence-corrected chi connectivity index (χ3v) is 6.18. The van der Waals surface area contributed by atoms with E-state index >= 15 is 0 Å². The minimum atomic E-state index is -1.18. The quantitative estimate of drug-likeness (QED) is 0.322. The summed E-state index contributed by atoms with van der Waals surface area (Å²) in [5.74, 6) is -1.91. The molecule has 2 amide bonds. The van der Waals surface area contributed by atoms with Gasteiger partial charge in [0.15, 0.2) is 10.8 Å². The second-order valence-electron chi connectivity index (χ2n) is 6.04. The molecule has 0 aliphatic carbocycles. The molecule has 0 bridgehead atoms. The molecule has 1 aromatic heterocycles. The number of carboxylic acids is 1.